The molecule has 0 spiro atoms. The molecule has 2 N–H and O–H groups in total. The standard InChI is InChI=1S/C14H14N2O6/c1-4-21-13(19)11(17)9(8-15)6-7-10(16-3)12(18)14(20)22-5-2/h6-7,17-18H,4-5H2,1-2H3/b7-6+,11-9+,12-10+. The van der Waals surface area contributed by atoms with E-state index in [2.05, 4.69) is 14.3 Å². The van der Waals surface area contributed by atoms with Gasteiger partial charge in [-0.3, -0.25) is 0 Å². The fraction of sp³-hybridized carbons (Fsp3) is 0.286. The SMILES string of the molecule is [C-]#[N+]C(/C=C/C(C#N)=C(\O)C(=O)OCC)=C(/O)C(=O)OCC. The van der Waals surface area contributed by atoms with Crippen LogP contribution in [0, 0.1) is 17.9 Å². The van der Waals surface area contributed by atoms with Gasteiger partial charge in [-0.1, -0.05) is 12.2 Å². The van der Waals surface area contributed by atoms with Crippen LogP contribution in [-0.4, -0.2) is 35.4 Å². The highest BCUT2D eigenvalue weighted by atomic mass is 16.5. The Morgan fingerprint density at radius 3 is 2.05 bits per heavy atom. The summed E-state index contributed by atoms with van der Waals surface area (Å²) in [6.45, 7) is 9.92. The Morgan fingerprint density at radius 2 is 1.64 bits per heavy atom. The number of carbonyl (C=O) groups excluding carboxylic acids is 2. The maximum absolute atomic E-state index is 11.3. The summed E-state index contributed by atoms with van der Waals surface area (Å²) in [4.78, 5) is 25.5. The van der Waals surface area contributed by atoms with Crippen LogP contribution in [0.2, 0.25) is 0 Å². The fourth-order valence-corrected chi connectivity index (χ4v) is 1.11. The van der Waals surface area contributed by atoms with Crippen molar-refractivity contribution in [3.05, 3.63) is 46.4 Å². The van der Waals surface area contributed by atoms with Gasteiger partial charge in [0.25, 0.3) is 0 Å². The predicted octanol–water partition coefficient (Wildman–Crippen LogP) is 1.69. The molecular formula is C14H14N2O6. The lowest BCUT2D eigenvalue weighted by Crippen LogP contribution is -2.09. The average molecular weight is 306 g/mol. The number of hydrogen-bond donors (Lipinski definition) is 2. The van der Waals surface area contributed by atoms with Crippen molar-refractivity contribution in [2.75, 3.05) is 13.2 Å². The van der Waals surface area contributed by atoms with Crippen LogP contribution < -0.4 is 0 Å². The first-order chi connectivity index (χ1) is 10.4. The van der Waals surface area contributed by atoms with E-state index in [4.69, 9.17) is 11.8 Å². The molecule has 8 heteroatoms. The van der Waals surface area contributed by atoms with E-state index in [-0.39, 0.29) is 13.2 Å². The maximum atomic E-state index is 11.3. The number of hydrogen-bond acceptors (Lipinski definition) is 7. The minimum atomic E-state index is -1.10. The summed E-state index contributed by atoms with van der Waals surface area (Å²) in [5.74, 6) is -4.09. The van der Waals surface area contributed by atoms with Crippen molar-refractivity contribution in [2.45, 2.75) is 13.8 Å². The van der Waals surface area contributed by atoms with Gasteiger partial charge in [0.1, 0.15) is 11.6 Å². The van der Waals surface area contributed by atoms with Crippen LogP contribution in [0.15, 0.2) is 34.9 Å². The van der Waals surface area contributed by atoms with Crippen molar-refractivity contribution in [2.24, 2.45) is 0 Å². The van der Waals surface area contributed by atoms with Crippen molar-refractivity contribution in [3.8, 4) is 6.07 Å². The molecule has 0 atom stereocenters. The van der Waals surface area contributed by atoms with Crippen LogP contribution >= 0.6 is 0 Å². The van der Waals surface area contributed by atoms with Crippen LogP contribution in [-0.2, 0) is 19.1 Å². The molecular weight excluding hydrogens is 292 g/mol. The van der Waals surface area contributed by atoms with Crippen molar-refractivity contribution in [1.29, 1.82) is 5.26 Å². The van der Waals surface area contributed by atoms with E-state index in [0.29, 0.717) is 0 Å². The molecule has 0 unspecified atom stereocenters. The maximum Gasteiger partial charge on any atom is 0.374 e. The van der Waals surface area contributed by atoms with Crippen molar-refractivity contribution < 1.29 is 29.3 Å². The number of rotatable bonds is 6. The molecule has 0 saturated heterocycles. The second-order valence-corrected chi connectivity index (χ2v) is 3.49. The normalized spacial score (nSPS) is 12.5. The van der Waals surface area contributed by atoms with Gasteiger partial charge in [0, 0.05) is 0 Å². The number of nitrogens with zero attached hydrogens (tertiary/aromatic N) is 2. The summed E-state index contributed by atoms with van der Waals surface area (Å²) >= 11 is 0. The fourth-order valence-electron chi connectivity index (χ4n) is 1.11. The summed E-state index contributed by atoms with van der Waals surface area (Å²) in [5.41, 5.74) is -1.00. The van der Waals surface area contributed by atoms with Crippen molar-refractivity contribution in [3.63, 3.8) is 0 Å². The van der Waals surface area contributed by atoms with Crippen molar-refractivity contribution >= 4 is 11.9 Å². The first-order valence-corrected chi connectivity index (χ1v) is 6.09. The minimum Gasteiger partial charge on any atom is -0.513 e. The molecule has 0 aromatic carbocycles. The molecule has 0 fully saturated rings. The van der Waals surface area contributed by atoms with Gasteiger partial charge in [-0.2, -0.15) is 5.26 Å². The molecule has 0 rings (SSSR count). The third kappa shape index (κ3) is 5.39. The number of aliphatic hydroxyl groups excluding tert-OH is 2. The number of allylic oxidation sites excluding steroid dienone is 3. The Balaban J connectivity index is 5.53. The van der Waals surface area contributed by atoms with Crippen LogP contribution in [0.1, 0.15) is 13.8 Å². The zero-order valence-corrected chi connectivity index (χ0v) is 12.0. The molecule has 0 amide bonds. The van der Waals surface area contributed by atoms with Gasteiger partial charge in [-0.15, -0.1) is 0 Å². The van der Waals surface area contributed by atoms with Crippen molar-refractivity contribution in [1.82, 2.24) is 0 Å². The topological polar surface area (TPSA) is 121 Å². The molecule has 0 aliphatic rings. The zero-order chi connectivity index (χ0) is 17.1. The quantitative estimate of drug-likeness (QED) is 0.191. The van der Waals surface area contributed by atoms with Gasteiger partial charge in [0.05, 0.1) is 19.8 Å². The van der Waals surface area contributed by atoms with E-state index in [1.807, 2.05) is 0 Å². The minimum absolute atomic E-state index is 0.00215. The third-order valence-electron chi connectivity index (χ3n) is 2.08. The lowest BCUT2D eigenvalue weighted by Gasteiger charge is -2.02. The second-order valence-electron chi connectivity index (χ2n) is 3.49. The van der Waals surface area contributed by atoms with Gasteiger partial charge in [0.2, 0.25) is 17.2 Å². The molecule has 0 bridgehead atoms. The highest BCUT2D eigenvalue weighted by Gasteiger charge is 2.16. The summed E-state index contributed by atoms with van der Waals surface area (Å²) in [6.07, 6.45) is 1.79. The molecule has 116 valence electrons. The second kappa shape index (κ2) is 9.61. The van der Waals surface area contributed by atoms with E-state index in [1.165, 1.54) is 19.9 Å². The molecule has 0 aliphatic heterocycles. The molecule has 0 aromatic heterocycles. The Morgan fingerprint density at radius 1 is 1.14 bits per heavy atom. The number of carbonyl (C=O) groups is 2. The third-order valence-corrected chi connectivity index (χ3v) is 2.08. The number of ether oxygens (including phenoxy) is 2. The van der Waals surface area contributed by atoms with Gasteiger partial charge < -0.3 is 19.7 Å². The monoisotopic (exact) mass is 306 g/mol. The highest BCUT2D eigenvalue weighted by molar-refractivity contribution is 5.89. The van der Waals surface area contributed by atoms with E-state index < -0.39 is 34.7 Å². The van der Waals surface area contributed by atoms with E-state index in [9.17, 15) is 19.8 Å². The first-order valence-electron chi connectivity index (χ1n) is 6.09. The first kappa shape index (κ1) is 18.7. The van der Waals surface area contributed by atoms with Gasteiger partial charge in [-0.25, -0.2) is 14.4 Å². The molecule has 0 radical (unpaired) electrons. The molecule has 0 aromatic rings. The van der Waals surface area contributed by atoms with Gasteiger partial charge in [-0.05, 0) is 13.8 Å². The molecule has 0 aliphatic carbocycles. The van der Waals surface area contributed by atoms with Crippen LogP contribution in [0.3, 0.4) is 0 Å². The van der Waals surface area contributed by atoms with E-state index >= 15 is 0 Å². The summed E-state index contributed by atoms with van der Waals surface area (Å²) < 4.78 is 9.02. The predicted molar refractivity (Wildman–Crippen MR) is 73.9 cm³/mol. The Hall–Kier alpha value is -3.26. The van der Waals surface area contributed by atoms with Crippen LogP contribution in [0.4, 0.5) is 0 Å². The van der Waals surface area contributed by atoms with E-state index in [1.54, 1.807) is 0 Å². The Bertz CT molecular complexity index is 562. The summed E-state index contributed by atoms with van der Waals surface area (Å²) in [6, 6.07) is 1.53. The Labute approximate surface area is 127 Å². The number of esters is 2. The van der Waals surface area contributed by atoms with Crippen LogP contribution in [0.25, 0.3) is 4.85 Å². The number of nitriles is 1. The largest absolute Gasteiger partial charge is 0.513 e. The summed E-state index contributed by atoms with van der Waals surface area (Å²) in [5, 5.41) is 27.9. The highest BCUT2D eigenvalue weighted by Crippen LogP contribution is 2.11. The molecule has 22 heavy (non-hydrogen) atoms. The zero-order valence-electron chi connectivity index (χ0n) is 12.0. The summed E-state index contributed by atoms with van der Waals surface area (Å²) in [7, 11) is 0. The van der Waals surface area contributed by atoms with Crippen LogP contribution in [0.5, 0.6) is 0 Å². The number of aliphatic hydroxyl groups is 2. The smallest absolute Gasteiger partial charge is 0.374 e. The lowest BCUT2D eigenvalue weighted by atomic mass is 10.2. The van der Waals surface area contributed by atoms with E-state index in [0.717, 1.165) is 12.2 Å². The molecule has 8 nitrogen and oxygen atoms in total. The van der Waals surface area contributed by atoms with Gasteiger partial charge in [0.15, 0.2) is 0 Å². The molecule has 0 heterocycles. The Kier molecular flexibility index (Phi) is 8.19. The van der Waals surface area contributed by atoms with Gasteiger partial charge >= 0.3 is 11.9 Å². The average Bonchev–Trinajstić information content (AvgIpc) is 2.51. The lowest BCUT2D eigenvalue weighted by molar-refractivity contribution is -0.142. The molecule has 0 saturated carbocycles.